The minimum Gasteiger partial charge on any atom is -0.383 e. The molecule has 5 N–H and O–H groups in total. The van der Waals surface area contributed by atoms with Gasteiger partial charge in [0, 0.05) is 55.6 Å². The van der Waals surface area contributed by atoms with Gasteiger partial charge in [0.25, 0.3) is 17.7 Å². The molecule has 0 radical (unpaired) electrons. The standard InChI is InChI=1S/C35H34F2N6O4/c1-20-29(42-21(2)31(20)35(46)40-14-15-47-3)18-26-24-10-8-22(17-30(24)43-34(26)45)6-4-12-38-32-25(7-5-13-39-32)33(44)41-19-23-9-11-27(36)28(37)16-23/h4-11,13,16-18,42H,12,14-15,19H2,1-3H3,(H,38,39)(H,40,46)(H,41,44)(H,43,45). The van der Waals surface area contributed by atoms with Crippen molar-refractivity contribution in [3.63, 3.8) is 0 Å². The number of aryl methyl sites for hydroxylation is 1. The van der Waals surface area contributed by atoms with Crippen LogP contribution in [0.25, 0.3) is 17.7 Å². The van der Waals surface area contributed by atoms with Crippen LogP contribution >= 0.6 is 0 Å². The smallest absolute Gasteiger partial charge is 0.256 e. The van der Waals surface area contributed by atoms with Crippen LogP contribution in [0.5, 0.6) is 0 Å². The van der Waals surface area contributed by atoms with Crippen molar-refractivity contribution < 1.29 is 27.9 Å². The Hall–Kier alpha value is -5.62. The summed E-state index contributed by atoms with van der Waals surface area (Å²) in [5.41, 5.74) is 6.14. The van der Waals surface area contributed by atoms with Gasteiger partial charge in [0.05, 0.1) is 23.3 Å². The minimum atomic E-state index is -0.980. The number of rotatable bonds is 12. The number of halogens is 2. The molecule has 0 aliphatic carbocycles. The van der Waals surface area contributed by atoms with E-state index in [1.807, 2.05) is 44.2 Å². The van der Waals surface area contributed by atoms with Gasteiger partial charge in [-0.1, -0.05) is 30.4 Å². The molecule has 1 aliphatic heterocycles. The fourth-order valence-electron chi connectivity index (χ4n) is 5.22. The normalized spacial score (nSPS) is 13.1. The molecule has 0 spiro atoms. The van der Waals surface area contributed by atoms with Crippen molar-refractivity contribution in [2.45, 2.75) is 20.4 Å². The summed E-state index contributed by atoms with van der Waals surface area (Å²) in [6.45, 7) is 4.83. The molecule has 10 nitrogen and oxygen atoms in total. The molecule has 0 atom stereocenters. The van der Waals surface area contributed by atoms with Gasteiger partial charge in [0.2, 0.25) is 0 Å². The third-order valence-electron chi connectivity index (χ3n) is 7.60. The molecule has 1 aliphatic rings. The molecular formula is C35H34F2N6O4. The third-order valence-corrected chi connectivity index (χ3v) is 7.60. The molecule has 242 valence electrons. The van der Waals surface area contributed by atoms with Crippen molar-refractivity contribution in [2.24, 2.45) is 0 Å². The Bertz CT molecular complexity index is 1900. The Balaban J connectivity index is 1.22. The average Bonchev–Trinajstić information content (AvgIpc) is 3.52. The number of carbonyl (C=O) groups is 3. The zero-order valence-corrected chi connectivity index (χ0v) is 26.1. The lowest BCUT2D eigenvalue weighted by Gasteiger charge is -2.10. The number of pyridine rings is 1. The largest absolute Gasteiger partial charge is 0.383 e. The Kier molecular flexibility index (Phi) is 10.2. The number of benzene rings is 2. The summed E-state index contributed by atoms with van der Waals surface area (Å²) >= 11 is 0. The van der Waals surface area contributed by atoms with E-state index in [1.54, 1.807) is 31.5 Å². The maximum absolute atomic E-state index is 13.5. The maximum atomic E-state index is 13.5. The molecule has 0 saturated carbocycles. The summed E-state index contributed by atoms with van der Waals surface area (Å²) < 4.78 is 31.7. The highest BCUT2D eigenvalue weighted by atomic mass is 19.2. The molecule has 47 heavy (non-hydrogen) atoms. The first kappa shape index (κ1) is 32.8. The van der Waals surface area contributed by atoms with Gasteiger partial charge in [0.1, 0.15) is 5.82 Å². The molecule has 12 heteroatoms. The van der Waals surface area contributed by atoms with E-state index in [4.69, 9.17) is 4.74 Å². The second-order valence-electron chi connectivity index (χ2n) is 10.8. The third kappa shape index (κ3) is 7.61. The van der Waals surface area contributed by atoms with Gasteiger partial charge >= 0.3 is 0 Å². The summed E-state index contributed by atoms with van der Waals surface area (Å²) in [7, 11) is 1.57. The molecule has 2 aromatic carbocycles. The average molecular weight is 641 g/mol. The van der Waals surface area contributed by atoms with Gasteiger partial charge in [-0.3, -0.25) is 14.4 Å². The van der Waals surface area contributed by atoms with Crippen molar-refractivity contribution in [2.75, 3.05) is 37.4 Å². The molecular weight excluding hydrogens is 606 g/mol. The lowest BCUT2D eigenvalue weighted by molar-refractivity contribution is -0.110. The van der Waals surface area contributed by atoms with E-state index in [0.717, 1.165) is 28.8 Å². The lowest BCUT2D eigenvalue weighted by atomic mass is 10.0. The zero-order chi connectivity index (χ0) is 33.5. The van der Waals surface area contributed by atoms with Crippen LogP contribution in [0, 0.1) is 25.5 Å². The second-order valence-corrected chi connectivity index (χ2v) is 10.8. The second kappa shape index (κ2) is 14.6. The van der Waals surface area contributed by atoms with Crippen LogP contribution in [0.2, 0.25) is 0 Å². The first-order valence-corrected chi connectivity index (χ1v) is 14.9. The molecule has 0 unspecified atom stereocenters. The van der Waals surface area contributed by atoms with Gasteiger partial charge in [0.15, 0.2) is 11.6 Å². The highest BCUT2D eigenvalue weighted by Crippen LogP contribution is 2.35. The number of nitrogens with zero attached hydrogens (tertiary/aromatic N) is 1. The molecule has 2 aromatic heterocycles. The molecule has 5 rings (SSSR count). The summed E-state index contributed by atoms with van der Waals surface area (Å²) in [5, 5.41) is 11.6. The van der Waals surface area contributed by atoms with E-state index in [0.29, 0.717) is 64.9 Å². The van der Waals surface area contributed by atoms with Crippen molar-refractivity contribution in [3.05, 3.63) is 117 Å². The summed E-state index contributed by atoms with van der Waals surface area (Å²) in [4.78, 5) is 45.9. The van der Waals surface area contributed by atoms with Crippen LogP contribution in [0.15, 0.2) is 60.8 Å². The SMILES string of the molecule is COCCNC(=O)c1c(C)[nH]c(C=C2C(=O)Nc3cc(C=CCNc4ncccc4C(=O)NCc4ccc(F)c(F)c4)ccc32)c1C. The molecule has 4 aromatic rings. The lowest BCUT2D eigenvalue weighted by Crippen LogP contribution is -2.27. The Morgan fingerprint density at radius 2 is 1.85 bits per heavy atom. The van der Waals surface area contributed by atoms with E-state index in [2.05, 4.69) is 31.2 Å². The number of nitrogens with one attached hydrogen (secondary N) is 5. The Morgan fingerprint density at radius 1 is 1.02 bits per heavy atom. The number of aromatic nitrogens is 2. The van der Waals surface area contributed by atoms with E-state index in [-0.39, 0.29) is 18.4 Å². The fourth-order valence-corrected chi connectivity index (χ4v) is 5.22. The number of H-pyrrole nitrogens is 1. The molecule has 0 bridgehead atoms. The maximum Gasteiger partial charge on any atom is 0.256 e. The number of aromatic amines is 1. The molecule has 0 fully saturated rings. The number of ether oxygens (including phenoxy) is 1. The Labute approximate surface area is 270 Å². The first-order chi connectivity index (χ1) is 22.7. The quantitative estimate of drug-likeness (QED) is 0.106. The van der Waals surface area contributed by atoms with Crippen molar-refractivity contribution in [1.82, 2.24) is 20.6 Å². The van der Waals surface area contributed by atoms with Crippen molar-refractivity contribution in [3.8, 4) is 0 Å². The number of carbonyl (C=O) groups excluding carboxylic acids is 3. The summed E-state index contributed by atoms with van der Waals surface area (Å²) in [6, 6.07) is 12.3. The van der Waals surface area contributed by atoms with Crippen LogP contribution in [-0.2, 0) is 16.1 Å². The molecule has 0 saturated heterocycles. The topological polar surface area (TPSA) is 137 Å². The highest BCUT2D eigenvalue weighted by molar-refractivity contribution is 6.35. The van der Waals surface area contributed by atoms with E-state index in [1.165, 1.54) is 6.07 Å². The monoisotopic (exact) mass is 640 g/mol. The predicted octanol–water partition coefficient (Wildman–Crippen LogP) is 5.23. The van der Waals surface area contributed by atoms with Crippen LogP contribution in [-0.4, -0.2) is 54.5 Å². The number of amides is 3. The minimum absolute atomic E-state index is 0.0216. The number of anilines is 2. The van der Waals surface area contributed by atoms with Crippen molar-refractivity contribution >= 4 is 47.0 Å². The van der Waals surface area contributed by atoms with Gasteiger partial charge in [-0.2, -0.15) is 0 Å². The van der Waals surface area contributed by atoms with Gasteiger partial charge in [-0.05, 0) is 66.9 Å². The molecule has 3 amide bonds. The van der Waals surface area contributed by atoms with E-state index >= 15 is 0 Å². The summed E-state index contributed by atoms with van der Waals surface area (Å²) in [5.74, 6) is -2.44. The fraction of sp³-hybridized carbons (Fsp3) is 0.200. The van der Waals surface area contributed by atoms with Crippen molar-refractivity contribution in [1.29, 1.82) is 0 Å². The number of hydrogen-bond donors (Lipinski definition) is 5. The van der Waals surface area contributed by atoms with Gasteiger partial charge in [-0.15, -0.1) is 0 Å². The highest BCUT2D eigenvalue weighted by Gasteiger charge is 2.26. The van der Waals surface area contributed by atoms with Gasteiger partial charge < -0.3 is 31.0 Å². The number of fused-ring (bicyclic) bond motifs is 1. The zero-order valence-electron chi connectivity index (χ0n) is 26.1. The summed E-state index contributed by atoms with van der Waals surface area (Å²) in [6.07, 6.45) is 7.05. The van der Waals surface area contributed by atoms with Gasteiger partial charge in [-0.25, -0.2) is 13.8 Å². The first-order valence-electron chi connectivity index (χ1n) is 14.9. The van der Waals surface area contributed by atoms with Crippen LogP contribution in [0.1, 0.15) is 54.4 Å². The number of hydrogen-bond acceptors (Lipinski definition) is 6. The molecule has 3 heterocycles. The van der Waals surface area contributed by atoms with Crippen LogP contribution in [0.4, 0.5) is 20.3 Å². The van der Waals surface area contributed by atoms with E-state index < -0.39 is 17.5 Å². The van der Waals surface area contributed by atoms with Crippen LogP contribution < -0.4 is 21.3 Å². The Morgan fingerprint density at radius 3 is 2.64 bits per heavy atom. The predicted molar refractivity (Wildman–Crippen MR) is 177 cm³/mol. The van der Waals surface area contributed by atoms with E-state index in [9.17, 15) is 23.2 Å². The number of methoxy groups -OCH3 is 1. The van der Waals surface area contributed by atoms with Crippen LogP contribution in [0.3, 0.4) is 0 Å².